The van der Waals surface area contributed by atoms with E-state index in [0.717, 1.165) is 0 Å². The molecule has 0 spiro atoms. The van der Waals surface area contributed by atoms with E-state index in [1.807, 2.05) is 0 Å². The van der Waals surface area contributed by atoms with Gasteiger partial charge in [0.2, 0.25) is 0 Å². The van der Waals surface area contributed by atoms with Gasteiger partial charge in [0.1, 0.15) is 23.7 Å². The third-order valence-corrected chi connectivity index (χ3v) is 3.53. The lowest BCUT2D eigenvalue weighted by atomic mass is 10.1. The first-order chi connectivity index (χ1) is 12.0. The Hall–Kier alpha value is -2.83. The topological polar surface area (TPSA) is 88.8 Å². The number of carboxylic acids is 1. The van der Waals surface area contributed by atoms with Gasteiger partial charge >= 0.3 is 5.97 Å². The van der Waals surface area contributed by atoms with E-state index < -0.39 is 5.97 Å². The van der Waals surface area contributed by atoms with Gasteiger partial charge in [-0.3, -0.25) is 9.59 Å². The van der Waals surface area contributed by atoms with E-state index in [0.29, 0.717) is 37.3 Å². The zero-order valence-corrected chi connectivity index (χ0v) is 13.9. The summed E-state index contributed by atoms with van der Waals surface area (Å²) in [5.74, 6) is -0.963. The first-order valence-corrected chi connectivity index (χ1v) is 7.92. The summed E-state index contributed by atoms with van der Waals surface area (Å²) in [6.45, 7) is 2.58. The molecule has 134 valence electrons. The largest absolute Gasteiger partial charge is 0.494 e. The number of carboxylic acid groups (broad SMARTS) is 1. The molecule has 0 bridgehead atoms. The van der Waals surface area contributed by atoms with Gasteiger partial charge in [-0.1, -0.05) is 0 Å². The predicted molar refractivity (Wildman–Crippen MR) is 88.2 cm³/mol. The second-order valence-electron chi connectivity index (χ2n) is 5.55. The molecule has 0 aliphatic rings. The maximum absolute atomic E-state index is 12.8. The van der Waals surface area contributed by atoms with Gasteiger partial charge in [-0.25, -0.2) is 4.39 Å². The number of carbonyl (C=O) groups is 2. The number of carbonyl (C=O) groups excluding carboxylic acids is 1. The minimum atomic E-state index is -1.05. The molecule has 1 aromatic carbocycles. The van der Waals surface area contributed by atoms with Gasteiger partial charge in [0, 0.05) is 12.1 Å². The van der Waals surface area contributed by atoms with Crippen LogP contribution in [0.15, 0.2) is 34.9 Å². The molecule has 0 fully saturated rings. The van der Waals surface area contributed by atoms with Gasteiger partial charge < -0.3 is 19.6 Å². The molecule has 0 saturated heterocycles. The van der Waals surface area contributed by atoms with E-state index in [1.165, 1.54) is 18.4 Å². The second-order valence-corrected chi connectivity index (χ2v) is 5.55. The van der Waals surface area contributed by atoms with Crippen molar-refractivity contribution in [2.45, 2.75) is 26.2 Å². The molecule has 1 heterocycles. The molecule has 0 aliphatic heterocycles. The predicted octanol–water partition coefficient (Wildman–Crippen LogP) is 2.94. The van der Waals surface area contributed by atoms with E-state index in [1.54, 1.807) is 19.1 Å². The summed E-state index contributed by atoms with van der Waals surface area (Å²) in [6, 6.07) is 5.78. The van der Waals surface area contributed by atoms with Crippen LogP contribution in [-0.2, 0) is 11.2 Å². The molecule has 2 rings (SSSR count). The van der Waals surface area contributed by atoms with Crippen LogP contribution in [0.25, 0.3) is 0 Å². The number of aliphatic carboxylic acids is 1. The van der Waals surface area contributed by atoms with Crippen molar-refractivity contribution >= 4 is 11.9 Å². The number of halogens is 1. The molecule has 1 aromatic heterocycles. The van der Waals surface area contributed by atoms with Crippen molar-refractivity contribution in [3.63, 3.8) is 0 Å². The number of benzene rings is 1. The van der Waals surface area contributed by atoms with Gasteiger partial charge in [0.15, 0.2) is 0 Å². The Morgan fingerprint density at radius 3 is 2.64 bits per heavy atom. The van der Waals surface area contributed by atoms with Crippen molar-refractivity contribution < 1.29 is 28.2 Å². The number of hydrogen-bond donors (Lipinski definition) is 2. The van der Waals surface area contributed by atoms with Gasteiger partial charge in [0.05, 0.1) is 18.4 Å². The lowest BCUT2D eigenvalue weighted by molar-refractivity contribution is -0.136. The number of ether oxygens (including phenoxy) is 1. The monoisotopic (exact) mass is 349 g/mol. The highest BCUT2D eigenvalue weighted by molar-refractivity contribution is 5.97. The number of unbranched alkanes of at least 4 members (excludes halogenated alkanes) is 1. The maximum atomic E-state index is 12.8. The Bertz CT molecular complexity index is 724. The first kappa shape index (κ1) is 18.5. The van der Waals surface area contributed by atoms with Gasteiger partial charge in [-0.05, 0) is 44.0 Å². The molecule has 0 aliphatic carbocycles. The smallest absolute Gasteiger partial charge is 0.311 e. The standard InChI is InChI=1S/C18H20FNO5/c1-12-11-25-15(10-16(21)22)17(12)18(23)20-8-2-3-9-24-14-6-4-13(19)5-7-14/h4-7,11H,2-3,8-10H2,1H3,(H,20,23)(H,21,22). The number of aryl methyl sites for hydroxylation is 1. The highest BCUT2D eigenvalue weighted by Gasteiger charge is 2.20. The van der Waals surface area contributed by atoms with Gasteiger partial charge in [-0.2, -0.15) is 0 Å². The summed E-state index contributed by atoms with van der Waals surface area (Å²) in [5, 5.41) is 11.6. The van der Waals surface area contributed by atoms with Crippen molar-refractivity contribution in [3.8, 4) is 5.75 Å². The summed E-state index contributed by atoms with van der Waals surface area (Å²) in [4.78, 5) is 23.0. The van der Waals surface area contributed by atoms with E-state index >= 15 is 0 Å². The quantitative estimate of drug-likeness (QED) is 0.680. The zero-order valence-electron chi connectivity index (χ0n) is 13.9. The van der Waals surface area contributed by atoms with Crippen molar-refractivity contribution in [3.05, 3.63) is 53.2 Å². The fourth-order valence-electron chi connectivity index (χ4n) is 2.31. The Kier molecular flexibility index (Phi) is 6.56. The molecule has 0 saturated carbocycles. The summed E-state index contributed by atoms with van der Waals surface area (Å²) in [6.07, 6.45) is 2.45. The molecule has 7 heteroatoms. The van der Waals surface area contributed by atoms with Crippen LogP contribution in [0.3, 0.4) is 0 Å². The Labute approximate surface area is 144 Å². The van der Waals surface area contributed by atoms with Crippen LogP contribution in [0.5, 0.6) is 5.75 Å². The third kappa shape index (κ3) is 5.63. The van der Waals surface area contributed by atoms with E-state index in [4.69, 9.17) is 14.3 Å². The van der Waals surface area contributed by atoms with Crippen molar-refractivity contribution in [2.24, 2.45) is 0 Å². The lowest BCUT2D eigenvalue weighted by Crippen LogP contribution is -2.26. The SMILES string of the molecule is Cc1coc(CC(=O)O)c1C(=O)NCCCCOc1ccc(F)cc1. The highest BCUT2D eigenvalue weighted by Crippen LogP contribution is 2.17. The molecular weight excluding hydrogens is 329 g/mol. The molecule has 6 nitrogen and oxygen atoms in total. The van der Waals surface area contributed by atoms with Crippen molar-refractivity contribution in [1.29, 1.82) is 0 Å². The normalized spacial score (nSPS) is 10.5. The van der Waals surface area contributed by atoms with Crippen LogP contribution in [-0.4, -0.2) is 30.1 Å². The van der Waals surface area contributed by atoms with Crippen LogP contribution in [0.1, 0.15) is 34.5 Å². The molecule has 2 aromatic rings. The van der Waals surface area contributed by atoms with Crippen molar-refractivity contribution in [2.75, 3.05) is 13.2 Å². The van der Waals surface area contributed by atoms with Crippen LogP contribution in [0.4, 0.5) is 4.39 Å². The molecule has 0 unspecified atom stereocenters. The number of furan rings is 1. The second kappa shape index (κ2) is 8.86. The fraction of sp³-hybridized carbons (Fsp3) is 0.333. The minimum absolute atomic E-state index is 0.155. The Balaban J connectivity index is 1.71. The number of amides is 1. The molecule has 0 atom stereocenters. The third-order valence-electron chi connectivity index (χ3n) is 3.53. The molecule has 25 heavy (non-hydrogen) atoms. The summed E-state index contributed by atoms with van der Waals surface area (Å²) >= 11 is 0. The van der Waals surface area contributed by atoms with Gasteiger partial charge in [0.25, 0.3) is 5.91 Å². The zero-order chi connectivity index (χ0) is 18.2. The van der Waals surface area contributed by atoms with E-state index in [-0.39, 0.29) is 29.5 Å². The van der Waals surface area contributed by atoms with Crippen LogP contribution >= 0.6 is 0 Å². The summed E-state index contributed by atoms with van der Waals surface area (Å²) in [7, 11) is 0. The molecule has 1 amide bonds. The lowest BCUT2D eigenvalue weighted by Gasteiger charge is -2.08. The average molecular weight is 349 g/mol. The minimum Gasteiger partial charge on any atom is -0.494 e. The van der Waals surface area contributed by atoms with Gasteiger partial charge in [-0.15, -0.1) is 0 Å². The molecular formula is C18H20FNO5. The van der Waals surface area contributed by atoms with E-state index in [9.17, 15) is 14.0 Å². The van der Waals surface area contributed by atoms with Crippen LogP contribution < -0.4 is 10.1 Å². The number of nitrogens with one attached hydrogen (secondary N) is 1. The molecule has 2 N–H and O–H groups in total. The Morgan fingerprint density at radius 1 is 1.24 bits per heavy atom. The highest BCUT2D eigenvalue weighted by atomic mass is 19.1. The Morgan fingerprint density at radius 2 is 1.96 bits per heavy atom. The van der Waals surface area contributed by atoms with Crippen LogP contribution in [0.2, 0.25) is 0 Å². The van der Waals surface area contributed by atoms with E-state index in [2.05, 4.69) is 5.32 Å². The summed E-state index contributed by atoms with van der Waals surface area (Å²) < 4.78 is 23.4. The fourth-order valence-corrected chi connectivity index (χ4v) is 2.31. The maximum Gasteiger partial charge on any atom is 0.311 e. The number of hydrogen-bond acceptors (Lipinski definition) is 4. The number of rotatable bonds is 9. The van der Waals surface area contributed by atoms with Crippen molar-refractivity contribution in [1.82, 2.24) is 5.32 Å². The summed E-state index contributed by atoms with van der Waals surface area (Å²) in [5.41, 5.74) is 0.887. The average Bonchev–Trinajstić information content (AvgIpc) is 2.92. The van der Waals surface area contributed by atoms with Crippen LogP contribution in [0, 0.1) is 12.7 Å². The molecule has 0 radical (unpaired) electrons. The first-order valence-electron chi connectivity index (χ1n) is 7.92.